The largest absolute Gasteiger partial charge is 0.496 e. The van der Waals surface area contributed by atoms with Crippen molar-refractivity contribution in [1.82, 2.24) is 4.90 Å². The summed E-state index contributed by atoms with van der Waals surface area (Å²) in [5.74, 6) is -0.861. The first kappa shape index (κ1) is 31.4. The van der Waals surface area contributed by atoms with Crippen molar-refractivity contribution in [3.63, 3.8) is 0 Å². The van der Waals surface area contributed by atoms with E-state index < -0.39 is 42.0 Å². The number of fused-ring (bicyclic) bond motifs is 2. The number of aliphatic hydroxyl groups is 2. The smallest absolute Gasteiger partial charge is 0.336 e. The average Bonchev–Trinajstić information content (AvgIpc) is 3.16. The van der Waals surface area contributed by atoms with Gasteiger partial charge in [-0.05, 0) is 37.8 Å². The number of piperidine rings is 1. The summed E-state index contributed by atoms with van der Waals surface area (Å²) in [6.45, 7) is 1.09. The molecule has 2 heterocycles. The number of carboxylic acid groups (broad SMARTS) is 3. The summed E-state index contributed by atoms with van der Waals surface area (Å²) in [5.41, 5.74) is -1.52. The van der Waals surface area contributed by atoms with E-state index in [4.69, 9.17) is 36.3 Å². The Morgan fingerprint density at radius 3 is 2.02 bits per heavy atom. The van der Waals surface area contributed by atoms with E-state index in [1.807, 2.05) is 42.5 Å². The molecule has 2 fully saturated rings. The number of aliphatic carboxylic acids is 3. The molecule has 4 rings (SSSR count). The number of carbonyl (C=O) groups is 3. The molecule has 2 aliphatic heterocycles. The molecule has 0 aliphatic carbocycles. The van der Waals surface area contributed by atoms with Crippen LogP contribution < -0.4 is 9.47 Å². The number of terminal acetylenes is 1. The van der Waals surface area contributed by atoms with Crippen LogP contribution in [-0.4, -0.2) is 79.7 Å². The molecule has 2 aromatic rings. The highest BCUT2D eigenvalue weighted by Gasteiger charge is 2.49. The van der Waals surface area contributed by atoms with Crippen molar-refractivity contribution in [3.05, 3.63) is 59.7 Å². The van der Waals surface area contributed by atoms with Crippen molar-refractivity contribution < 1.29 is 49.4 Å². The van der Waals surface area contributed by atoms with Crippen molar-refractivity contribution in [2.75, 3.05) is 13.7 Å². The predicted molar refractivity (Wildman–Crippen MR) is 146 cm³/mol. The summed E-state index contributed by atoms with van der Waals surface area (Å²) < 4.78 is 11.3. The average molecular weight is 570 g/mol. The highest BCUT2D eigenvalue weighted by Crippen LogP contribution is 2.48. The van der Waals surface area contributed by atoms with E-state index in [1.54, 1.807) is 7.11 Å². The van der Waals surface area contributed by atoms with E-state index in [-0.39, 0.29) is 6.61 Å². The zero-order valence-electron chi connectivity index (χ0n) is 22.7. The van der Waals surface area contributed by atoms with Crippen LogP contribution in [0.5, 0.6) is 11.5 Å². The summed E-state index contributed by atoms with van der Waals surface area (Å²) in [7, 11) is 1.67. The lowest BCUT2D eigenvalue weighted by molar-refractivity contribution is -0.170. The van der Waals surface area contributed by atoms with Gasteiger partial charge in [0.25, 0.3) is 0 Å². The van der Waals surface area contributed by atoms with E-state index >= 15 is 0 Å². The lowest BCUT2D eigenvalue weighted by atomic mass is 9.80. The Balaban J connectivity index is 0.000000302. The Morgan fingerprint density at radius 2 is 1.51 bits per heavy atom. The summed E-state index contributed by atoms with van der Waals surface area (Å²) >= 11 is 0. The maximum atomic E-state index is 11.5. The Bertz CT molecular complexity index is 1260. The maximum Gasteiger partial charge on any atom is 0.336 e. The van der Waals surface area contributed by atoms with Gasteiger partial charge < -0.3 is 35.0 Å². The first-order valence-corrected chi connectivity index (χ1v) is 13.1. The van der Waals surface area contributed by atoms with Crippen LogP contribution in [0.15, 0.2) is 48.5 Å². The number of hydrogen-bond acceptors (Lipinski definition) is 8. The third-order valence-electron chi connectivity index (χ3n) is 7.45. The fraction of sp³-hybridized carbons (Fsp3) is 0.433. The lowest BCUT2D eigenvalue weighted by Gasteiger charge is -2.44. The van der Waals surface area contributed by atoms with Gasteiger partial charge in [-0.15, -0.1) is 6.42 Å². The third kappa shape index (κ3) is 7.76. The maximum absolute atomic E-state index is 11.5. The molecule has 2 unspecified atom stereocenters. The van der Waals surface area contributed by atoms with Crippen LogP contribution in [0, 0.1) is 12.3 Å². The quantitative estimate of drug-likeness (QED) is 0.252. The fourth-order valence-corrected chi connectivity index (χ4v) is 5.63. The molecule has 220 valence electrons. The molecule has 11 nitrogen and oxygen atoms in total. The van der Waals surface area contributed by atoms with Crippen molar-refractivity contribution in [3.8, 4) is 23.8 Å². The van der Waals surface area contributed by atoms with Crippen LogP contribution in [0.25, 0.3) is 0 Å². The van der Waals surface area contributed by atoms with E-state index in [9.17, 15) is 19.5 Å². The van der Waals surface area contributed by atoms with Gasteiger partial charge in [-0.3, -0.25) is 14.5 Å². The summed E-state index contributed by atoms with van der Waals surface area (Å²) in [4.78, 5) is 33.0. The summed E-state index contributed by atoms with van der Waals surface area (Å²) in [6.07, 6.45) is 6.71. The lowest BCUT2D eigenvalue weighted by Crippen LogP contribution is -2.49. The molecule has 5 N–H and O–H groups in total. The molecule has 0 amide bonds. The van der Waals surface area contributed by atoms with Gasteiger partial charge >= 0.3 is 17.9 Å². The highest BCUT2D eigenvalue weighted by atomic mass is 16.5. The predicted octanol–water partition coefficient (Wildman–Crippen LogP) is 2.47. The summed E-state index contributed by atoms with van der Waals surface area (Å²) in [6, 6.07) is 16.6. The zero-order chi connectivity index (χ0) is 30.2. The van der Waals surface area contributed by atoms with E-state index in [1.165, 1.54) is 0 Å². The van der Waals surface area contributed by atoms with Gasteiger partial charge in [0.2, 0.25) is 0 Å². The Hall–Kier alpha value is -4.11. The number of carboxylic acids is 3. The molecule has 11 heteroatoms. The molecule has 2 atom stereocenters. The molecule has 2 aromatic carbocycles. The third-order valence-corrected chi connectivity index (χ3v) is 7.45. The Morgan fingerprint density at radius 1 is 0.976 bits per heavy atom. The number of methoxy groups -OCH3 is 1. The van der Waals surface area contributed by atoms with Crippen LogP contribution in [0.1, 0.15) is 49.7 Å². The number of nitrogens with zero attached hydrogens (tertiary/aromatic N) is 1. The first-order chi connectivity index (χ1) is 19.4. The monoisotopic (exact) mass is 569 g/mol. The van der Waals surface area contributed by atoms with Crippen LogP contribution in [-0.2, 0) is 26.5 Å². The topological polar surface area (TPSA) is 174 Å². The van der Waals surface area contributed by atoms with Gasteiger partial charge in [0, 0.05) is 29.8 Å². The van der Waals surface area contributed by atoms with Crippen LogP contribution >= 0.6 is 0 Å². The van der Waals surface area contributed by atoms with Gasteiger partial charge in [0.15, 0.2) is 5.60 Å². The second-order valence-corrected chi connectivity index (χ2v) is 10.3. The molecule has 41 heavy (non-hydrogen) atoms. The molecule has 0 radical (unpaired) electrons. The molecule has 0 aromatic heterocycles. The molecular formula is C30H35NO10. The zero-order valence-corrected chi connectivity index (χ0v) is 22.7. The Labute approximate surface area is 237 Å². The van der Waals surface area contributed by atoms with Gasteiger partial charge in [-0.25, -0.2) is 4.79 Å². The van der Waals surface area contributed by atoms with E-state index in [0.717, 1.165) is 54.9 Å². The van der Waals surface area contributed by atoms with Gasteiger partial charge in [0.1, 0.15) is 18.1 Å². The summed E-state index contributed by atoms with van der Waals surface area (Å²) in [5, 5.41) is 45.3. The number of ether oxygens (including phenoxy) is 2. The molecule has 2 aliphatic rings. The first-order valence-electron chi connectivity index (χ1n) is 13.1. The normalized spacial score (nSPS) is 21.6. The highest BCUT2D eigenvalue weighted by molar-refractivity contribution is 5.88. The SMILES string of the molecule is C#CCOc1ccccc1CN1C2CCC1CC(O)(c1ccccc1OC)C2.O=C(O)CC(O)(CC(=O)O)C(=O)O. The minimum absolute atomic E-state index is 0.275. The number of hydrogen-bond donors (Lipinski definition) is 5. The van der Waals surface area contributed by atoms with Crippen LogP contribution in [0.4, 0.5) is 0 Å². The number of para-hydroxylation sites is 2. The van der Waals surface area contributed by atoms with Crippen molar-refractivity contribution in [2.24, 2.45) is 0 Å². The van der Waals surface area contributed by atoms with E-state index in [2.05, 4.69) is 16.9 Å². The van der Waals surface area contributed by atoms with Crippen molar-refractivity contribution in [2.45, 2.75) is 68.4 Å². The molecule has 2 saturated heterocycles. The van der Waals surface area contributed by atoms with Crippen molar-refractivity contribution >= 4 is 17.9 Å². The standard InChI is InChI=1S/C24H27NO3.C6H8O7/c1-3-14-28-22-10-6-4-8-18(22)17-25-19-12-13-20(25)16-24(26,15-19)21-9-5-7-11-23(21)27-2;7-3(8)1-6(13,5(11)12)2-4(9)10/h1,4-11,19-20,26H,12-17H2,2H3;13H,1-2H2,(H,7,8)(H,9,10)(H,11,12). The minimum Gasteiger partial charge on any atom is -0.496 e. The number of benzene rings is 2. The molecule has 2 bridgehead atoms. The van der Waals surface area contributed by atoms with Gasteiger partial charge in [-0.2, -0.15) is 0 Å². The number of rotatable bonds is 11. The molecule has 0 saturated carbocycles. The van der Waals surface area contributed by atoms with E-state index in [0.29, 0.717) is 12.1 Å². The Kier molecular flexibility index (Phi) is 10.3. The minimum atomic E-state index is -2.74. The van der Waals surface area contributed by atoms with Crippen LogP contribution in [0.3, 0.4) is 0 Å². The second kappa shape index (κ2) is 13.5. The fourth-order valence-electron chi connectivity index (χ4n) is 5.63. The molecular weight excluding hydrogens is 534 g/mol. The molecule has 0 spiro atoms. The van der Waals surface area contributed by atoms with Crippen LogP contribution in [0.2, 0.25) is 0 Å². The van der Waals surface area contributed by atoms with Gasteiger partial charge in [0.05, 0.1) is 25.6 Å². The van der Waals surface area contributed by atoms with Gasteiger partial charge in [-0.1, -0.05) is 42.3 Å². The second-order valence-electron chi connectivity index (χ2n) is 10.3. The van der Waals surface area contributed by atoms with Crippen molar-refractivity contribution in [1.29, 1.82) is 0 Å².